The highest BCUT2D eigenvalue weighted by molar-refractivity contribution is 5.86. The lowest BCUT2D eigenvalue weighted by atomic mass is 9.98. The normalized spacial score (nSPS) is 14.1. The summed E-state index contributed by atoms with van der Waals surface area (Å²) in [5, 5.41) is 2.52. The molecule has 4 heteroatoms. The molecule has 0 heterocycles. The predicted molar refractivity (Wildman–Crippen MR) is 49.1 cm³/mol. The maximum atomic E-state index is 11.3. The highest BCUT2D eigenvalue weighted by Crippen LogP contribution is 2.12. The largest absolute Gasteiger partial charge is 0.467 e. The third-order valence-corrected chi connectivity index (χ3v) is 1.64. The summed E-state index contributed by atoms with van der Waals surface area (Å²) < 4.78 is 4.57. The topological polar surface area (TPSA) is 55.4 Å². The van der Waals surface area contributed by atoms with Crippen molar-refractivity contribution in [2.24, 2.45) is 0 Å². The zero-order valence-electron chi connectivity index (χ0n) is 8.22. The molecule has 0 saturated carbocycles. The second kappa shape index (κ2) is 4.64. The van der Waals surface area contributed by atoms with E-state index in [-0.39, 0.29) is 5.91 Å². The molecule has 0 aliphatic carbocycles. The van der Waals surface area contributed by atoms with Gasteiger partial charge in [-0.3, -0.25) is 4.79 Å². The van der Waals surface area contributed by atoms with Gasteiger partial charge >= 0.3 is 5.97 Å². The number of hydrogen-bond donors (Lipinski definition) is 1. The van der Waals surface area contributed by atoms with Gasteiger partial charge in [-0.1, -0.05) is 6.08 Å². The third kappa shape index (κ3) is 3.27. The van der Waals surface area contributed by atoms with Crippen molar-refractivity contribution in [1.82, 2.24) is 5.32 Å². The summed E-state index contributed by atoms with van der Waals surface area (Å²) in [5.41, 5.74) is -0.998. The fourth-order valence-corrected chi connectivity index (χ4v) is 1.09. The third-order valence-electron chi connectivity index (χ3n) is 1.64. The van der Waals surface area contributed by atoms with Crippen LogP contribution in [-0.4, -0.2) is 24.5 Å². The lowest BCUT2D eigenvalue weighted by Crippen LogP contribution is -2.51. The molecule has 1 N–H and O–H groups in total. The van der Waals surface area contributed by atoms with Crippen molar-refractivity contribution in [3.63, 3.8) is 0 Å². The molecule has 0 aliphatic heterocycles. The van der Waals surface area contributed by atoms with Crippen LogP contribution in [0, 0.1) is 0 Å². The van der Waals surface area contributed by atoms with E-state index in [0.717, 1.165) is 0 Å². The average molecular weight is 185 g/mol. The standard InChI is InChI=1S/C9H15NO3/c1-5-6-9(3,8(12)13-4)10-7(2)11/h5H,1,6H2,2-4H3,(H,10,11). The van der Waals surface area contributed by atoms with Crippen molar-refractivity contribution < 1.29 is 14.3 Å². The summed E-state index contributed by atoms with van der Waals surface area (Å²) >= 11 is 0. The Morgan fingerprint density at radius 2 is 2.15 bits per heavy atom. The maximum Gasteiger partial charge on any atom is 0.331 e. The first-order valence-electron chi connectivity index (χ1n) is 3.94. The number of methoxy groups -OCH3 is 1. The van der Waals surface area contributed by atoms with E-state index in [9.17, 15) is 9.59 Å². The van der Waals surface area contributed by atoms with E-state index in [0.29, 0.717) is 6.42 Å². The Hall–Kier alpha value is -1.32. The van der Waals surface area contributed by atoms with Gasteiger partial charge in [-0.25, -0.2) is 4.79 Å². The molecule has 13 heavy (non-hydrogen) atoms. The van der Waals surface area contributed by atoms with Crippen LogP contribution in [0.2, 0.25) is 0 Å². The van der Waals surface area contributed by atoms with E-state index >= 15 is 0 Å². The molecule has 1 amide bonds. The van der Waals surface area contributed by atoms with E-state index in [1.165, 1.54) is 14.0 Å². The van der Waals surface area contributed by atoms with Crippen molar-refractivity contribution in [3.8, 4) is 0 Å². The van der Waals surface area contributed by atoms with Gasteiger partial charge < -0.3 is 10.1 Å². The maximum absolute atomic E-state index is 11.3. The lowest BCUT2D eigenvalue weighted by molar-refractivity contribution is -0.149. The molecule has 0 fully saturated rings. The number of ether oxygens (including phenoxy) is 1. The van der Waals surface area contributed by atoms with Gasteiger partial charge in [0.2, 0.25) is 5.91 Å². The molecule has 4 nitrogen and oxygen atoms in total. The van der Waals surface area contributed by atoms with Crippen molar-refractivity contribution in [3.05, 3.63) is 12.7 Å². The number of hydrogen-bond acceptors (Lipinski definition) is 3. The number of esters is 1. The fraction of sp³-hybridized carbons (Fsp3) is 0.556. The number of rotatable bonds is 4. The Kier molecular flexibility index (Phi) is 4.17. The lowest BCUT2D eigenvalue weighted by Gasteiger charge is -2.25. The first-order valence-corrected chi connectivity index (χ1v) is 3.94. The van der Waals surface area contributed by atoms with Crippen molar-refractivity contribution in [1.29, 1.82) is 0 Å². The van der Waals surface area contributed by atoms with E-state index in [1.54, 1.807) is 13.0 Å². The first kappa shape index (κ1) is 11.7. The van der Waals surface area contributed by atoms with Crippen LogP contribution in [-0.2, 0) is 14.3 Å². The minimum Gasteiger partial charge on any atom is -0.467 e. The van der Waals surface area contributed by atoms with Crippen LogP contribution in [0.3, 0.4) is 0 Å². The van der Waals surface area contributed by atoms with Crippen LogP contribution in [0.15, 0.2) is 12.7 Å². The second-order valence-electron chi connectivity index (χ2n) is 3.00. The Bertz CT molecular complexity index is 225. The van der Waals surface area contributed by atoms with Gasteiger partial charge in [0.15, 0.2) is 0 Å². The summed E-state index contributed by atoms with van der Waals surface area (Å²) in [6, 6.07) is 0. The second-order valence-corrected chi connectivity index (χ2v) is 3.00. The number of carbonyl (C=O) groups is 2. The van der Waals surface area contributed by atoms with Crippen LogP contribution >= 0.6 is 0 Å². The Labute approximate surface area is 78.0 Å². The minimum absolute atomic E-state index is 0.269. The predicted octanol–water partition coefficient (Wildman–Crippen LogP) is 0.630. The zero-order chi connectivity index (χ0) is 10.5. The van der Waals surface area contributed by atoms with Gasteiger partial charge in [-0.05, 0) is 13.3 Å². The molecule has 0 radical (unpaired) electrons. The van der Waals surface area contributed by atoms with Gasteiger partial charge in [-0.2, -0.15) is 0 Å². The molecule has 0 rings (SSSR count). The van der Waals surface area contributed by atoms with E-state index in [2.05, 4.69) is 16.6 Å². The highest BCUT2D eigenvalue weighted by atomic mass is 16.5. The quantitative estimate of drug-likeness (QED) is 0.516. The molecule has 0 spiro atoms. The Morgan fingerprint density at radius 3 is 2.46 bits per heavy atom. The molecule has 0 aliphatic rings. The molecule has 0 aromatic heterocycles. The van der Waals surface area contributed by atoms with Crippen LogP contribution < -0.4 is 5.32 Å². The fourth-order valence-electron chi connectivity index (χ4n) is 1.09. The van der Waals surface area contributed by atoms with E-state index in [1.807, 2.05) is 0 Å². The minimum atomic E-state index is -0.998. The first-order chi connectivity index (χ1) is 5.96. The number of nitrogens with one attached hydrogen (secondary N) is 1. The average Bonchev–Trinajstić information content (AvgIpc) is 2.02. The van der Waals surface area contributed by atoms with Crippen molar-refractivity contribution >= 4 is 11.9 Å². The molecule has 74 valence electrons. The van der Waals surface area contributed by atoms with Gasteiger partial charge in [-0.15, -0.1) is 6.58 Å². The van der Waals surface area contributed by atoms with Crippen LogP contribution in [0.1, 0.15) is 20.3 Å². The summed E-state index contributed by atoms with van der Waals surface area (Å²) in [6.07, 6.45) is 1.91. The molecule has 0 saturated heterocycles. The SMILES string of the molecule is C=CCC(C)(NC(C)=O)C(=O)OC. The molecule has 1 unspecified atom stereocenters. The van der Waals surface area contributed by atoms with Gasteiger partial charge in [0.05, 0.1) is 7.11 Å². The molecule has 0 bridgehead atoms. The number of amides is 1. The van der Waals surface area contributed by atoms with Gasteiger partial charge in [0.1, 0.15) is 5.54 Å². The molecule has 1 atom stereocenters. The molecular formula is C9H15NO3. The van der Waals surface area contributed by atoms with Crippen LogP contribution in [0.5, 0.6) is 0 Å². The number of carbonyl (C=O) groups excluding carboxylic acids is 2. The van der Waals surface area contributed by atoms with Crippen molar-refractivity contribution in [2.45, 2.75) is 25.8 Å². The molecule has 0 aromatic rings. The zero-order valence-corrected chi connectivity index (χ0v) is 8.22. The Morgan fingerprint density at radius 1 is 1.62 bits per heavy atom. The monoisotopic (exact) mass is 185 g/mol. The van der Waals surface area contributed by atoms with Crippen molar-refractivity contribution in [2.75, 3.05) is 7.11 Å². The summed E-state index contributed by atoms with van der Waals surface area (Å²) in [7, 11) is 1.28. The summed E-state index contributed by atoms with van der Waals surface area (Å²) in [5.74, 6) is -0.739. The Balaban J connectivity index is 4.60. The smallest absolute Gasteiger partial charge is 0.331 e. The van der Waals surface area contributed by atoms with E-state index in [4.69, 9.17) is 0 Å². The molecular weight excluding hydrogens is 170 g/mol. The van der Waals surface area contributed by atoms with E-state index < -0.39 is 11.5 Å². The van der Waals surface area contributed by atoms with Crippen LogP contribution in [0.25, 0.3) is 0 Å². The highest BCUT2D eigenvalue weighted by Gasteiger charge is 2.33. The summed E-state index contributed by atoms with van der Waals surface area (Å²) in [6.45, 7) is 6.46. The van der Waals surface area contributed by atoms with Gasteiger partial charge in [0.25, 0.3) is 0 Å². The molecule has 0 aromatic carbocycles. The van der Waals surface area contributed by atoms with Gasteiger partial charge in [0, 0.05) is 6.92 Å². The summed E-state index contributed by atoms with van der Waals surface area (Å²) in [4.78, 5) is 22.1. The van der Waals surface area contributed by atoms with Crippen LogP contribution in [0.4, 0.5) is 0 Å².